The van der Waals surface area contributed by atoms with Crippen molar-refractivity contribution >= 4 is 15.9 Å². The van der Waals surface area contributed by atoms with E-state index in [2.05, 4.69) is 6.92 Å². The maximum absolute atomic E-state index is 12.2. The number of hydrogen-bond donors (Lipinski definition) is 2. The quantitative estimate of drug-likeness (QED) is 0.263. The van der Waals surface area contributed by atoms with E-state index < -0.39 is 20.6 Å². The summed E-state index contributed by atoms with van der Waals surface area (Å²) in [4.78, 5) is 12.2. The molecule has 0 spiro atoms. The molecule has 0 amide bonds. The Morgan fingerprint density at radius 2 is 1.43 bits per heavy atom. The van der Waals surface area contributed by atoms with Crippen LogP contribution in [0, 0.1) is 0 Å². The Morgan fingerprint density at radius 3 is 1.78 bits per heavy atom. The number of unbranched alkanes of at least 4 members (excludes halogenated alkanes) is 8. The molecule has 0 saturated heterocycles. The number of ketones is 1. The minimum absolute atomic E-state index is 0. The first-order chi connectivity index (χ1) is 10.4. The van der Waals surface area contributed by atoms with E-state index in [-0.39, 0.29) is 72.2 Å². The molecular weight excluding hydrogens is 341 g/mol. The second-order valence-corrected chi connectivity index (χ2v) is 7.76. The molecule has 23 heavy (non-hydrogen) atoms. The van der Waals surface area contributed by atoms with Crippen LogP contribution in [0.5, 0.6) is 0 Å². The van der Waals surface area contributed by atoms with Gasteiger partial charge in [-0.25, -0.2) is 0 Å². The fraction of sp³-hybridized carbons (Fsp3) is 0.938. The number of Topliss-reactive ketones (excluding diaryl/α,β-unsaturated/α-hetero) is 1. The first-order valence-electron chi connectivity index (χ1n) is 8.56. The molecule has 1 atom stereocenters. The summed E-state index contributed by atoms with van der Waals surface area (Å²) in [6.07, 6.45) is 10.3. The van der Waals surface area contributed by atoms with E-state index in [0.29, 0.717) is 6.42 Å². The van der Waals surface area contributed by atoms with E-state index in [0.717, 1.165) is 19.3 Å². The summed E-state index contributed by atoms with van der Waals surface area (Å²) in [7, 11) is -4.46. The zero-order valence-corrected chi connectivity index (χ0v) is 19.1. The van der Waals surface area contributed by atoms with Crippen LogP contribution in [0.2, 0.25) is 0 Å². The van der Waals surface area contributed by atoms with Gasteiger partial charge in [-0.15, -0.1) is 0 Å². The van der Waals surface area contributed by atoms with Crippen molar-refractivity contribution in [2.75, 3.05) is 6.54 Å². The maximum atomic E-state index is 12.2. The molecule has 0 aliphatic heterocycles. The Morgan fingerprint density at radius 1 is 1.00 bits per heavy atom. The average molecular weight is 376 g/mol. The van der Waals surface area contributed by atoms with Crippen molar-refractivity contribution in [3.8, 4) is 0 Å². The summed E-state index contributed by atoms with van der Waals surface area (Å²) >= 11 is 0. The van der Waals surface area contributed by atoms with Gasteiger partial charge in [0.05, 0.1) is 0 Å². The van der Waals surface area contributed by atoms with Crippen LogP contribution in [0.15, 0.2) is 0 Å². The van der Waals surface area contributed by atoms with E-state index in [1.54, 1.807) is 6.92 Å². The van der Waals surface area contributed by atoms with E-state index in [4.69, 9.17) is 5.73 Å². The van der Waals surface area contributed by atoms with Crippen LogP contribution in [0.3, 0.4) is 0 Å². The SMILES string of the molecule is CCCCCCCCCCCC(=O)C(CC)(CN)S(=O)(=O)O.[H-].[K+]. The van der Waals surface area contributed by atoms with Gasteiger partial charge in [0.2, 0.25) is 0 Å². The zero-order chi connectivity index (χ0) is 17.1. The molecule has 1 unspecified atom stereocenters. The molecule has 3 N–H and O–H groups in total. The van der Waals surface area contributed by atoms with Crippen molar-refractivity contribution in [3.63, 3.8) is 0 Å². The van der Waals surface area contributed by atoms with Crippen molar-refractivity contribution in [1.82, 2.24) is 0 Å². The summed E-state index contributed by atoms with van der Waals surface area (Å²) in [5, 5.41) is 0. The molecule has 0 aromatic heterocycles. The third-order valence-electron chi connectivity index (χ3n) is 4.41. The van der Waals surface area contributed by atoms with Crippen LogP contribution >= 0.6 is 0 Å². The first-order valence-corrected chi connectivity index (χ1v) is 10.00. The number of carbonyl (C=O) groups is 1. The van der Waals surface area contributed by atoms with Crippen LogP contribution in [-0.4, -0.2) is 30.0 Å². The Balaban J connectivity index is -0.00000220. The fourth-order valence-electron chi connectivity index (χ4n) is 2.71. The van der Waals surface area contributed by atoms with Crippen LogP contribution in [0.1, 0.15) is 85.9 Å². The summed E-state index contributed by atoms with van der Waals surface area (Å²) < 4.78 is 30.4. The maximum Gasteiger partial charge on any atom is 1.00 e. The molecule has 0 saturated carbocycles. The molecule has 5 nitrogen and oxygen atoms in total. The topological polar surface area (TPSA) is 97.5 Å². The van der Waals surface area contributed by atoms with Crippen molar-refractivity contribution in [3.05, 3.63) is 0 Å². The first kappa shape index (κ1) is 26.4. The van der Waals surface area contributed by atoms with E-state index >= 15 is 0 Å². The summed E-state index contributed by atoms with van der Waals surface area (Å²) in [5.74, 6) is -0.456. The molecular formula is C16H34KNO4S. The molecule has 0 aliphatic carbocycles. The van der Waals surface area contributed by atoms with Crippen molar-refractivity contribution in [1.29, 1.82) is 0 Å². The fourth-order valence-corrected chi connectivity index (χ4v) is 3.68. The van der Waals surface area contributed by atoms with Gasteiger partial charge in [0, 0.05) is 13.0 Å². The molecule has 0 rings (SSSR count). The third kappa shape index (κ3) is 9.44. The minimum Gasteiger partial charge on any atom is -1.00 e. The molecule has 134 valence electrons. The monoisotopic (exact) mass is 375 g/mol. The van der Waals surface area contributed by atoms with Crippen LogP contribution < -0.4 is 57.1 Å². The van der Waals surface area contributed by atoms with Gasteiger partial charge in [-0.1, -0.05) is 65.2 Å². The Labute approximate surface area is 186 Å². The van der Waals surface area contributed by atoms with Gasteiger partial charge >= 0.3 is 51.4 Å². The van der Waals surface area contributed by atoms with Crippen molar-refractivity contribution < 1.29 is 70.6 Å². The Bertz CT molecular complexity index is 414. The zero-order valence-electron chi connectivity index (χ0n) is 16.1. The second-order valence-electron chi connectivity index (χ2n) is 6.03. The number of carbonyl (C=O) groups excluding carboxylic acids is 1. The molecule has 0 heterocycles. The number of hydrogen-bond acceptors (Lipinski definition) is 4. The van der Waals surface area contributed by atoms with Crippen LogP contribution in [0.25, 0.3) is 0 Å². The predicted molar refractivity (Wildman–Crippen MR) is 91.6 cm³/mol. The second kappa shape index (κ2) is 14.4. The van der Waals surface area contributed by atoms with Gasteiger partial charge in [-0.05, 0) is 12.8 Å². The Hall–Kier alpha value is 1.18. The molecule has 0 aromatic rings. The van der Waals surface area contributed by atoms with Gasteiger partial charge < -0.3 is 7.16 Å². The molecule has 0 radical (unpaired) electrons. The van der Waals surface area contributed by atoms with Gasteiger partial charge in [0.15, 0.2) is 10.5 Å². The predicted octanol–water partition coefficient (Wildman–Crippen LogP) is 0.588. The smallest absolute Gasteiger partial charge is 1.00 e. The van der Waals surface area contributed by atoms with Gasteiger partial charge in [0.25, 0.3) is 10.1 Å². The summed E-state index contributed by atoms with van der Waals surface area (Å²) in [5.41, 5.74) is 5.46. The van der Waals surface area contributed by atoms with Gasteiger partial charge in [-0.2, -0.15) is 8.42 Å². The van der Waals surface area contributed by atoms with Gasteiger partial charge in [0.1, 0.15) is 0 Å². The van der Waals surface area contributed by atoms with E-state index in [1.165, 1.54) is 32.1 Å². The number of rotatable bonds is 14. The molecule has 0 fully saturated rings. The van der Waals surface area contributed by atoms with E-state index in [9.17, 15) is 17.8 Å². The molecule has 0 bridgehead atoms. The minimum atomic E-state index is -4.46. The van der Waals surface area contributed by atoms with Crippen molar-refractivity contribution in [2.45, 2.75) is 89.2 Å². The van der Waals surface area contributed by atoms with Crippen LogP contribution in [0.4, 0.5) is 0 Å². The third-order valence-corrected chi connectivity index (χ3v) is 6.08. The molecule has 0 aliphatic rings. The normalized spacial score (nSPS) is 14.1. The van der Waals surface area contributed by atoms with Gasteiger partial charge in [-0.3, -0.25) is 9.35 Å². The average Bonchev–Trinajstić information content (AvgIpc) is 2.46. The van der Waals surface area contributed by atoms with Crippen LogP contribution in [-0.2, 0) is 14.9 Å². The summed E-state index contributed by atoms with van der Waals surface area (Å²) in [6, 6.07) is 0. The van der Waals surface area contributed by atoms with E-state index in [1.807, 2.05) is 0 Å². The standard InChI is InChI=1S/C16H33NO4S.K.H/c1-3-5-6-7-8-9-10-11-12-13-15(18)16(4-2,14-17)22(19,20)21;;/h3-14,17H2,1-2H3,(H,19,20,21);;/q;+1;-1. The molecule has 0 aromatic carbocycles. The van der Waals surface area contributed by atoms with Crippen molar-refractivity contribution in [2.24, 2.45) is 5.73 Å². The Kier molecular flexibility index (Phi) is 16.5. The largest absolute Gasteiger partial charge is 1.00 e. The molecule has 7 heteroatoms. The number of nitrogens with two attached hydrogens (primary N) is 1. The summed E-state index contributed by atoms with van der Waals surface area (Å²) in [6.45, 7) is 3.40.